The van der Waals surface area contributed by atoms with Gasteiger partial charge >= 0.3 is 0 Å². The van der Waals surface area contributed by atoms with E-state index in [9.17, 15) is 9.59 Å². The normalized spacial score (nSPS) is 12.0. The van der Waals surface area contributed by atoms with E-state index in [4.69, 9.17) is 4.42 Å². The van der Waals surface area contributed by atoms with Crippen LogP contribution in [0, 0.1) is 5.92 Å². The van der Waals surface area contributed by atoms with Gasteiger partial charge in [-0.15, -0.1) is 0 Å². The number of rotatable bonds is 7. The summed E-state index contributed by atoms with van der Waals surface area (Å²) in [5.41, 5.74) is 0.929. The van der Waals surface area contributed by atoms with Crippen LogP contribution in [0.15, 0.2) is 47.2 Å². The van der Waals surface area contributed by atoms with Crippen LogP contribution in [-0.2, 0) is 11.2 Å². The van der Waals surface area contributed by atoms with Crippen LogP contribution >= 0.6 is 0 Å². The number of carbonyl (C=O) groups is 2. The lowest BCUT2D eigenvalue weighted by Gasteiger charge is -2.26. The van der Waals surface area contributed by atoms with E-state index < -0.39 is 6.04 Å². The van der Waals surface area contributed by atoms with E-state index in [2.05, 4.69) is 10.3 Å². The molecule has 0 aromatic carbocycles. The van der Waals surface area contributed by atoms with Crippen LogP contribution in [0.1, 0.15) is 30.1 Å². The van der Waals surface area contributed by atoms with Gasteiger partial charge in [0.15, 0.2) is 5.76 Å². The SMILES string of the molecule is CC(C)C(NC(=O)c1ccco1)C(=O)N(C)CCc1ccccn1. The molecule has 6 heteroatoms. The van der Waals surface area contributed by atoms with Gasteiger partial charge in [-0.1, -0.05) is 19.9 Å². The smallest absolute Gasteiger partial charge is 0.287 e. The van der Waals surface area contributed by atoms with Crippen molar-refractivity contribution in [1.29, 1.82) is 0 Å². The molecular formula is C18H23N3O3. The zero-order valence-electron chi connectivity index (χ0n) is 14.2. The van der Waals surface area contributed by atoms with E-state index in [0.29, 0.717) is 13.0 Å². The third kappa shape index (κ3) is 4.68. The van der Waals surface area contributed by atoms with Crippen LogP contribution in [0.25, 0.3) is 0 Å². The maximum absolute atomic E-state index is 12.7. The predicted molar refractivity (Wildman–Crippen MR) is 90.4 cm³/mol. The maximum Gasteiger partial charge on any atom is 0.287 e. The molecule has 2 amide bonds. The minimum absolute atomic E-state index is 0.0336. The standard InChI is InChI=1S/C18H23N3O3/c1-13(2)16(20-17(22)15-8-6-12-24-15)18(23)21(3)11-9-14-7-4-5-10-19-14/h4-8,10,12-13,16H,9,11H2,1-3H3,(H,20,22). The van der Waals surface area contributed by atoms with Crippen molar-refractivity contribution in [2.75, 3.05) is 13.6 Å². The Labute approximate surface area is 141 Å². The number of pyridine rings is 1. The van der Waals surface area contributed by atoms with Crippen LogP contribution in [0.3, 0.4) is 0 Å². The largest absolute Gasteiger partial charge is 0.459 e. The van der Waals surface area contributed by atoms with Crippen molar-refractivity contribution in [3.05, 3.63) is 54.2 Å². The van der Waals surface area contributed by atoms with Crippen molar-refractivity contribution in [1.82, 2.24) is 15.2 Å². The Balaban J connectivity index is 1.96. The highest BCUT2D eigenvalue weighted by atomic mass is 16.3. The molecule has 0 spiro atoms. The number of amides is 2. The van der Waals surface area contributed by atoms with E-state index in [1.54, 1.807) is 30.3 Å². The molecule has 1 N–H and O–H groups in total. The monoisotopic (exact) mass is 329 g/mol. The van der Waals surface area contributed by atoms with E-state index in [1.807, 2.05) is 32.0 Å². The highest BCUT2D eigenvalue weighted by Crippen LogP contribution is 2.09. The zero-order chi connectivity index (χ0) is 17.5. The summed E-state index contributed by atoms with van der Waals surface area (Å²) in [6.07, 6.45) is 3.83. The number of carbonyl (C=O) groups excluding carboxylic acids is 2. The number of nitrogens with one attached hydrogen (secondary N) is 1. The predicted octanol–water partition coefficient (Wildman–Crippen LogP) is 2.13. The Kier molecular flexibility index (Phi) is 6.12. The summed E-state index contributed by atoms with van der Waals surface area (Å²) in [4.78, 5) is 30.7. The van der Waals surface area contributed by atoms with E-state index in [0.717, 1.165) is 5.69 Å². The van der Waals surface area contributed by atoms with Gasteiger partial charge in [0.25, 0.3) is 5.91 Å². The topological polar surface area (TPSA) is 75.4 Å². The van der Waals surface area contributed by atoms with Crippen LogP contribution in [0.5, 0.6) is 0 Å². The lowest BCUT2D eigenvalue weighted by atomic mass is 10.0. The van der Waals surface area contributed by atoms with Crippen LogP contribution in [-0.4, -0.2) is 41.3 Å². The molecule has 0 radical (unpaired) electrons. The fraction of sp³-hybridized carbons (Fsp3) is 0.389. The zero-order valence-corrected chi connectivity index (χ0v) is 14.2. The molecule has 24 heavy (non-hydrogen) atoms. The lowest BCUT2D eigenvalue weighted by Crippen LogP contribution is -2.50. The van der Waals surface area contributed by atoms with Gasteiger partial charge in [-0.25, -0.2) is 0 Å². The Morgan fingerprint density at radius 3 is 2.62 bits per heavy atom. The van der Waals surface area contributed by atoms with E-state index >= 15 is 0 Å². The third-order valence-electron chi connectivity index (χ3n) is 3.77. The molecule has 6 nitrogen and oxygen atoms in total. The van der Waals surface area contributed by atoms with Gasteiger partial charge in [0, 0.05) is 31.9 Å². The van der Waals surface area contributed by atoms with E-state index in [1.165, 1.54) is 6.26 Å². The second kappa shape index (κ2) is 8.29. The molecule has 1 unspecified atom stereocenters. The van der Waals surface area contributed by atoms with Crippen molar-refractivity contribution in [3.63, 3.8) is 0 Å². The second-order valence-electron chi connectivity index (χ2n) is 6.00. The summed E-state index contributed by atoms with van der Waals surface area (Å²) in [7, 11) is 1.74. The molecule has 2 aromatic rings. The molecule has 2 heterocycles. The first kappa shape index (κ1) is 17.7. The fourth-order valence-corrected chi connectivity index (χ4v) is 2.31. The highest BCUT2D eigenvalue weighted by molar-refractivity contribution is 5.95. The lowest BCUT2D eigenvalue weighted by molar-refractivity contribution is -0.133. The molecule has 0 saturated carbocycles. The summed E-state index contributed by atoms with van der Waals surface area (Å²) >= 11 is 0. The van der Waals surface area contributed by atoms with Gasteiger partial charge in [-0.3, -0.25) is 14.6 Å². The molecule has 0 aliphatic heterocycles. The number of aromatic nitrogens is 1. The fourth-order valence-electron chi connectivity index (χ4n) is 2.31. The van der Waals surface area contributed by atoms with Gasteiger partial charge in [0.2, 0.25) is 5.91 Å². The molecule has 2 aromatic heterocycles. The molecule has 0 aliphatic carbocycles. The number of likely N-dealkylation sites (N-methyl/N-ethyl adjacent to an activating group) is 1. The minimum atomic E-state index is -0.601. The number of hydrogen-bond donors (Lipinski definition) is 1. The van der Waals surface area contributed by atoms with Crippen molar-refractivity contribution in [2.45, 2.75) is 26.3 Å². The van der Waals surface area contributed by atoms with Crippen LogP contribution in [0.4, 0.5) is 0 Å². The Bertz CT molecular complexity index is 653. The van der Waals surface area contributed by atoms with Gasteiger partial charge < -0.3 is 14.6 Å². The first-order chi connectivity index (χ1) is 11.5. The van der Waals surface area contributed by atoms with Crippen LogP contribution < -0.4 is 5.32 Å². The average molecular weight is 329 g/mol. The molecule has 0 saturated heterocycles. The van der Waals surface area contributed by atoms with E-state index in [-0.39, 0.29) is 23.5 Å². The first-order valence-corrected chi connectivity index (χ1v) is 7.98. The van der Waals surface area contributed by atoms with Gasteiger partial charge in [-0.05, 0) is 30.2 Å². The number of hydrogen-bond acceptors (Lipinski definition) is 4. The Morgan fingerprint density at radius 1 is 1.25 bits per heavy atom. The quantitative estimate of drug-likeness (QED) is 0.844. The van der Waals surface area contributed by atoms with Crippen molar-refractivity contribution < 1.29 is 14.0 Å². The number of nitrogens with zero attached hydrogens (tertiary/aromatic N) is 2. The second-order valence-corrected chi connectivity index (χ2v) is 6.00. The summed E-state index contributed by atoms with van der Waals surface area (Å²) in [6.45, 7) is 4.34. The van der Waals surface area contributed by atoms with Crippen molar-refractivity contribution >= 4 is 11.8 Å². The Hall–Kier alpha value is -2.63. The third-order valence-corrected chi connectivity index (χ3v) is 3.77. The van der Waals surface area contributed by atoms with Gasteiger partial charge in [0.05, 0.1) is 6.26 Å². The summed E-state index contributed by atoms with van der Waals surface area (Å²) < 4.78 is 5.08. The first-order valence-electron chi connectivity index (χ1n) is 7.98. The molecule has 2 rings (SSSR count). The molecule has 0 bridgehead atoms. The highest BCUT2D eigenvalue weighted by Gasteiger charge is 2.27. The molecule has 0 fully saturated rings. The number of furan rings is 1. The molecular weight excluding hydrogens is 306 g/mol. The van der Waals surface area contributed by atoms with Gasteiger partial charge in [-0.2, -0.15) is 0 Å². The Morgan fingerprint density at radius 2 is 2.04 bits per heavy atom. The summed E-state index contributed by atoms with van der Waals surface area (Å²) in [6, 6.07) is 8.32. The van der Waals surface area contributed by atoms with Crippen molar-refractivity contribution in [3.8, 4) is 0 Å². The maximum atomic E-state index is 12.7. The molecule has 0 aliphatic rings. The van der Waals surface area contributed by atoms with Crippen molar-refractivity contribution in [2.24, 2.45) is 5.92 Å². The van der Waals surface area contributed by atoms with Gasteiger partial charge in [0.1, 0.15) is 6.04 Å². The molecule has 128 valence electrons. The average Bonchev–Trinajstić information content (AvgIpc) is 3.12. The minimum Gasteiger partial charge on any atom is -0.459 e. The summed E-state index contributed by atoms with van der Waals surface area (Å²) in [5, 5.41) is 2.76. The van der Waals surface area contributed by atoms with Crippen LogP contribution in [0.2, 0.25) is 0 Å². The summed E-state index contributed by atoms with van der Waals surface area (Å²) in [5.74, 6) is -0.343. The molecule has 1 atom stereocenters.